The lowest BCUT2D eigenvalue weighted by Crippen LogP contribution is -2.03. The molecule has 0 radical (unpaired) electrons. The minimum absolute atomic E-state index is 0.641. The molecule has 5 aromatic heterocycles. The molecule has 0 aliphatic carbocycles. The van der Waals surface area contributed by atoms with Gasteiger partial charge < -0.3 is 13.6 Å². The van der Waals surface area contributed by atoms with Gasteiger partial charge in [0, 0.05) is 71.7 Å². The number of hydrogen-bond donors (Lipinski definition) is 0. The Labute approximate surface area is 366 Å². The van der Waals surface area contributed by atoms with Gasteiger partial charge in [-0.25, -0.2) is 9.97 Å². The fourth-order valence-corrected chi connectivity index (χ4v) is 10.2. The highest BCUT2D eigenvalue weighted by Gasteiger charge is 2.21. The summed E-state index contributed by atoms with van der Waals surface area (Å²) in [5, 5.41) is 9.30. The molecule has 0 N–H and O–H groups in total. The second-order valence-corrected chi connectivity index (χ2v) is 16.6. The number of fused-ring (bicyclic) bond motifs is 12. The van der Waals surface area contributed by atoms with Crippen LogP contribution in [0, 0.1) is 0 Å². The lowest BCUT2D eigenvalue weighted by Gasteiger charge is -2.13. The highest BCUT2D eigenvalue weighted by molar-refractivity contribution is 6.14. The Hall–Kier alpha value is -8.74. The van der Waals surface area contributed by atoms with Gasteiger partial charge in [0.05, 0.1) is 38.8 Å². The van der Waals surface area contributed by atoms with Crippen LogP contribution in [-0.4, -0.2) is 23.7 Å². The Morgan fingerprint density at radius 1 is 0.297 bits per heavy atom. The first-order valence-electron chi connectivity index (χ1n) is 21.7. The summed E-state index contributed by atoms with van der Waals surface area (Å²) in [5.41, 5.74) is 13.5. The molecule has 0 unspecified atom stereocenters. The quantitative estimate of drug-likeness (QED) is 0.174. The third-order valence-corrected chi connectivity index (χ3v) is 13.1. The van der Waals surface area contributed by atoms with Crippen LogP contribution in [0.4, 0.5) is 0 Å². The Morgan fingerprint density at radius 3 is 1.33 bits per heavy atom. The number of rotatable bonds is 5. The Bertz CT molecular complexity index is 3930. The SMILES string of the molecule is c1ccc(-c2cc(-n3c4ccc(-n5c6ccccc6c6ccccc65)cc4c4cc(-n5c6ccccc6c6ccccc65)ccc43)nc(-c3ccc4oc5ccccc5c4c3)n2)cc1. The van der Waals surface area contributed by atoms with E-state index < -0.39 is 0 Å². The highest BCUT2D eigenvalue weighted by atomic mass is 16.3. The predicted octanol–water partition coefficient (Wildman–Crippen LogP) is 15.0. The lowest BCUT2D eigenvalue weighted by atomic mass is 10.1. The number of hydrogen-bond acceptors (Lipinski definition) is 3. The zero-order valence-corrected chi connectivity index (χ0v) is 34.4. The van der Waals surface area contributed by atoms with Crippen LogP contribution in [0.15, 0.2) is 217 Å². The number of para-hydroxylation sites is 5. The zero-order chi connectivity index (χ0) is 41.9. The molecular weight excluding hydrogens is 783 g/mol. The molecule has 64 heavy (non-hydrogen) atoms. The molecule has 6 nitrogen and oxygen atoms in total. The van der Waals surface area contributed by atoms with E-state index in [9.17, 15) is 0 Å². The third-order valence-electron chi connectivity index (χ3n) is 13.1. The normalized spacial score (nSPS) is 12.1. The minimum atomic E-state index is 0.641. The van der Waals surface area contributed by atoms with Crippen LogP contribution in [0.25, 0.3) is 127 Å². The number of benzene rings is 9. The van der Waals surface area contributed by atoms with Crippen LogP contribution in [0.5, 0.6) is 0 Å². The molecule has 0 saturated carbocycles. The Kier molecular flexibility index (Phi) is 7.30. The molecule has 0 aliphatic heterocycles. The standard InChI is InChI=1S/C58H35N5O/c1-2-14-36(15-3-1)48-35-57(60-58(59-48)37-26-31-56-47(32-37)44-20-8-13-25-55(44)64-56)63-53-29-27-38(61-49-21-9-4-16-40(49)41-17-5-10-22-50(41)61)33-45(53)46-34-39(28-30-54(46)63)62-51-23-11-6-18-42(51)43-19-7-12-24-52(43)62/h1-35H. The summed E-state index contributed by atoms with van der Waals surface area (Å²) in [5.74, 6) is 1.43. The van der Waals surface area contributed by atoms with E-state index in [0.717, 1.165) is 77.8 Å². The van der Waals surface area contributed by atoms with Crippen molar-refractivity contribution in [1.82, 2.24) is 23.7 Å². The van der Waals surface area contributed by atoms with Gasteiger partial charge in [-0.3, -0.25) is 4.57 Å². The molecule has 5 heterocycles. The fourth-order valence-electron chi connectivity index (χ4n) is 10.2. The molecule has 6 heteroatoms. The van der Waals surface area contributed by atoms with Crippen molar-refractivity contribution < 1.29 is 4.42 Å². The van der Waals surface area contributed by atoms with Crippen molar-refractivity contribution in [3.8, 4) is 39.8 Å². The zero-order valence-electron chi connectivity index (χ0n) is 34.4. The van der Waals surface area contributed by atoms with Crippen molar-refractivity contribution in [3.63, 3.8) is 0 Å². The molecule has 0 atom stereocenters. The van der Waals surface area contributed by atoms with E-state index in [2.05, 4.69) is 202 Å². The number of aromatic nitrogens is 5. The Balaban J connectivity index is 1.06. The molecule has 9 aromatic carbocycles. The van der Waals surface area contributed by atoms with E-state index in [1.165, 1.54) is 43.6 Å². The number of furan rings is 1. The minimum Gasteiger partial charge on any atom is -0.456 e. The topological polar surface area (TPSA) is 53.7 Å². The smallest absolute Gasteiger partial charge is 0.162 e. The van der Waals surface area contributed by atoms with Gasteiger partial charge in [-0.1, -0.05) is 121 Å². The predicted molar refractivity (Wildman–Crippen MR) is 263 cm³/mol. The maximum Gasteiger partial charge on any atom is 0.162 e. The summed E-state index contributed by atoms with van der Waals surface area (Å²) in [7, 11) is 0. The summed E-state index contributed by atoms with van der Waals surface area (Å²) in [6.45, 7) is 0. The maximum atomic E-state index is 6.23. The summed E-state index contributed by atoms with van der Waals surface area (Å²) >= 11 is 0. The van der Waals surface area contributed by atoms with E-state index in [4.69, 9.17) is 14.4 Å². The van der Waals surface area contributed by atoms with Crippen molar-refractivity contribution in [2.75, 3.05) is 0 Å². The molecule has 0 spiro atoms. The van der Waals surface area contributed by atoms with Crippen LogP contribution >= 0.6 is 0 Å². The van der Waals surface area contributed by atoms with Gasteiger partial charge in [0.15, 0.2) is 5.82 Å². The van der Waals surface area contributed by atoms with Crippen LogP contribution in [0.3, 0.4) is 0 Å². The van der Waals surface area contributed by atoms with Gasteiger partial charge in [-0.15, -0.1) is 0 Å². The van der Waals surface area contributed by atoms with E-state index >= 15 is 0 Å². The van der Waals surface area contributed by atoms with Crippen molar-refractivity contribution in [2.24, 2.45) is 0 Å². The van der Waals surface area contributed by atoms with E-state index in [0.29, 0.717) is 5.82 Å². The molecule has 14 aromatic rings. The van der Waals surface area contributed by atoms with E-state index in [1.807, 2.05) is 24.3 Å². The summed E-state index contributed by atoms with van der Waals surface area (Å²) in [6, 6.07) is 75.5. The molecular formula is C58H35N5O. The average Bonchev–Trinajstić information content (AvgIpc) is 4.10. The van der Waals surface area contributed by atoms with Crippen molar-refractivity contribution in [3.05, 3.63) is 212 Å². The van der Waals surface area contributed by atoms with Crippen LogP contribution < -0.4 is 0 Å². The molecule has 0 saturated heterocycles. The van der Waals surface area contributed by atoms with E-state index in [-0.39, 0.29) is 0 Å². The van der Waals surface area contributed by atoms with Gasteiger partial charge in [-0.2, -0.15) is 0 Å². The van der Waals surface area contributed by atoms with Gasteiger partial charge in [0.25, 0.3) is 0 Å². The molecule has 0 fully saturated rings. The Morgan fingerprint density at radius 2 is 0.766 bits per heavy atom. The van der Waals surface area contributed by atoms with Crippen molar-refractivity contribution in [2.45, 2.75) is 0 Å². The summed E-state index contributed by atoms with van der Waals surface area (Å²) < 4.78 is 13.4. The molecule has 0 aliphatic rings. The highest BCUT2D eigenvalue weighted by Crippen LogP contribution is 2.40. The van der Waals surface area contributed by atoms with Crippen molar-refractivity contribution >= 4 is 87.4 Å². The fraction of sp³-hybridized carbons (Fsp3) is 0. The van der Waals surface area contributed by atoms with Crippen LogP contribution in [0.2, 0.25) is 0 Å². The van der Waals surface area contributed by atoms with Gasteiger partial charge in [-0.05, 0) is 84.9 Å². The first-order valence-corrected chi connectivity index (χ1v) is 21.7. The second kappa shape index (κ2) is 13.4. The third kappa shape index (κ3) is 5.08. The summed E-state index contributed by atoms with van der Waals surface area (Å²) in [4.78, 5) is 10.7. The molecule has 0 bridgehead atoms. The monoisotopic (exact) mass is 817 g/mol. The first-order chi connectivity index (χ1) is 31.7. The van der Waals surface area contributed by atoms with Gasteiger partial charge in [0.2, 0.25) is 0 Å². The number of nitrogens with zero attached hydrogens (tertiary/aromatic N) is 5. The van der Waals surface area contributed by atoms with Crippen molar-refractivity contribution in [1.29, 1.82) is 0 Å². The molecule has 298 valence electrons. The van der Waals surface area contributed by atoms with Crippen LogP contribution in [0.1, 0.15) is 0 Å². The second-order valence-electron chi connectivity index (χ2n) is 16.6. The van der Waals surface area contributed by atoms with Gasteiger partial charge in [0.1, 0.15) is 17.0 Å². The van der Waals surface area contributed by atoms with Crippen LogP contribution in [-0.2, 0) is 0 Å². The summed E-state index contributed by atoms with van der Waals surface area (Å²) in [6.07, 6.45) is 0. The first kappa shape index (κ1) is 34.9. The lowest BCUT2D eigenvalue weighted by molar-refractivity contribution is 0.669. The average molecular weight is 818 g/mol. The molecule has 14 rings (SSSR count). The largest absolute Gasteiger partial charge is 0.456 e. The van der Waals surface area contributed by atoms with E-state index in [1.54, 1.807) is 0 Å². The maximum absolute atomic E-state index is 6.23. The van der Waals surface area contributed by atoms with Gasteiger partial charge >= 0.3 is 0 Å². The molecule has 0 amide bonds.